The summed E-state index contributed by atoms with van der Waals surface area (Å²) in [5.41, 5.74) is 0. The molecular formula is C11H19NO6S. The van der Waals surface area contributed by atoms with Crippen LogP contribution in [0, 0.1) is 0 Å². The summed E-state index contributed by atoms with van der Waals surface area (Å²) in [5.74, 6) is -0.879. The highest BCUT2D eigenvalue weighted by atomic mass is 32.2. The van der Waals surface area contributed by atoms with E-state index in [1.165, 1.54) is 18.9 Å². The molecule has 0 radical (unpaired) electrons. The van der Waals surface area contributed by atoms with Gasteiger partial charge in [0.1, 0.15) is 5.25 Å². The fraction of sp³-hybridized carbons (Fsp3) is 0.818. The lowest BCUT2D eigenvalue weighted by atomic mass is 10.2. The second-order valence-corrected chi connectivity index (χ2v) is 6.90. The van der Waals surface area contributed by atoms with Crippen molar-refractivity contribution in [1.29, 1.82) is 0 Å². The first kappa shape index (κ1) is 15.9. The Morgan fingerprint density at radius 3 is 2.63 bits per heavy atom. The van der Waals surface area contributed by atoms with Crippen LogP contribution in [-0.4, -0.2) is 69.6 Å². The molecule has 1 rings (SSSR count). The number of rotatable bonds is 4. The van der Waals surface area contributed by atoms with E-state index in [1.54, 1.807) is 0 Å². The van der Waals surface area contributed by atoms with Gasteiger partial charge in [-0.15, -0.1) is 0 Å². The largest absolute Gasteiger partial charge is 0.469 e. The van der Waals surface area contributed by atoms with Gasteiger partial charge in [0.15, 0.2) is 9.84 Å². The van der Waals surface area contributed by atoms with Crippen molar-refractivity contribution < 1.29 is 27.5 Å². The number of sulfone groups is 1. The summed E-state index contributed by atoms with van der Waals surface area (Å²) in [7, 11) is -2.14. The predicted molar refractivity (Wildman–Crippen MR) is 67.3 cm³/mol. The van der Waals surface area contributed by atoms with Crippen LogP contribution >= 0.6 is 0 Å². The van der Waals surface area contributed by atoms with Crippen molar-refractivity contribution in [2.75, 3.05) is 33.1 Å². The topological polar surface area (TPSA) is 90.0 Å². The van der Waals surface area contributed by atoms with E-state index in [4.69, 9.17) is 4.74 Å². The fourth-order valence-electron chi connectivity index (χ4n) is 1.75. The van der Waals surface area contributed by atoms with Crippen molar-refractivity contribution in [2.24, 2.45) is 0 Å². The molecule has 0 spiro atoms. The van der Waals surface area contributed by atoms with Gasteiger partial charge in [-0.1, -0.05) is 0 Å². The molecule has 0 aliphatic carbocycles. The van der Waals surface area contributed by atoms with Crippen molar-refractivity contribution >= 4 is 21.7 Å². The highest BCUT2D eigenvalue weighted by molar-refractivity contribution is 7.92. The summed E-state index contributed by atoms with van der Waals surface area (Å²) in [6, 6.07) is 0. The fourth-order valence-corrected chi connectivity index (χ4v) is 2.27. The predicted octanol–water partition coefficient (Wildman–Crippen LogP) is -0.790. The average Bonchev–Trinajstić information content (AvgIpc) is 2.36. The van der Waals surface area contributed by atoms with E-state index >= 15 is 0 Å². The number of esters is 1. The lowest BCUT2D eigenvalue weighted by molar-refractivity contribution is -0.149. The third kappa shape index (κ3) is 4.46. The van der Waals surface area contributed by atoms with E-state index in [2.05, 4.69) is 4.74 Å². The van der Waals surface area contributed by atoms with Gasteiger partial charge in [0.05, 0.1) is 26.2 Å². The first-order chi connectivity index (χ1) is 8.75. The molecule has 2 atom stereocenters. The number of carbonyl (C=O) groups excluding carboxylic acids is 2. The van der Waals surface area contributed by atoms with Gasteiger partial charge in [0, 0.05) is 19.3 Å². The van der Waals surface area contributed by atoms with Gasteiger partial charge in [-0.3, -0.25) is 9.59 Å². The van der Waals surface area contributed by atoms with Crippen LogP contribution < -0.4 is 0 Å². The maximum atomic E-state index is 12.0. The molecule has 0 saturated carbocycles. The quantitative estimate of drug-likeness (QED) is 0.631. The Balaban J connectivity index is 2.64. The number of hydrogen-bond acceptors (Lipinski definition) is 6. The normalized spacial score (nSPS) is 21.8. The zero-order chi connectivity index (χ0) is 14.6. The number of methoxy groups -OCH3 is 1. The molecule has 0 bridgehead atoms. The van der Waals surface area contributed by atoms with E-state index < -0.39 is 33.1 Å². The van der Waals surface area contributed by atoms with Crippen LogP contribution in [-0.2, 0) is 28.9 Å². The van der Waals surface area contributed by atoms with Crippen LogP contribution in [0.15, 0.2) is 0 Å². The molecular weight excluding hydrogens is 274 g/mol. The number of nitrogens with zero attached hydrogens (tertiary/aromatic N) is 1. The van der Waals surface area contributed by atoms with Gasteiger partial charge >= 0.3 is 5.97 Å². The number of amides is 1. The summed E-state index contributed by atoms with van der Waals surface area (Å²) in [5, 5.41) is -1.08. The molecule has 2 unspecified atom stereocenters. The highest BCUT2D eigenvalue weighted by Gasteiger charge is 2.32. The summed E-state index contributed by atoms with van der Waals surface area (Å²) in [6.45, 7) is 2.18. The second-order valence-electron chi connectivity index (χ2n) is 4.53. The van der Waals surface area contributed by atoms with Crippen LogP contribution in [0.3, 0.4) is 0 Å². The monoisotopic (exact) mass is 293 g/mol. The van der Waals surface area contributed by atoms with Crippen LogP contribution in [0.4, 0.5) is 0 Å². The molecule has 0 aromatic carbocycles. The molecule has 0 aromatic heterocycles. The van der Waals surface area contributed by atoms with Gasteiger partial charge in [-0.2, -0.15) is 0 Å². The number of carbonyl (C=O) groups is 2. The lowest BCUT2D eigenvalue weighted by Crippen LogP contribution is -2.50. The Morgan fingerprint density at radius 1 is 1.47 bits per heavy atom. The summed E-state index contributed by atoms with van der Waals surface area (Å²) < 4.78 is 32.6. The summed E-state index contributed by atoms with van der Waals surface area (Å²) >= 11 is 0. The van der Waals surface area contributed by atoms with Crippen LogP contribution in [0.1, 0.15) is 13.3 Å². The highest BCUT2D eigenvalue weighted by Crippen LogP contribution is 2.13. The van der Waals surface area contributed by atoms with Crippen LogP contribution in [0.2, 0.25) is 0 Å². The Morgan fingerprint density at radius 2 is 2.11 bits per heavy atom. The third-order valence-corrected chi connectivity index (χ3v) is 4.55. The van der Waals surface area contributed by atoms with Crippen molar-refractivity contribution in [1.82, 2.24) is 4.90 Å². The van der Waals surface area contributed by atoms with Gasteiger partial charge < -0.3 is 14.4 Å². The third-order valence-electron chi connectivity index (χ3n) is 3.06. The van der Waals surface area contributed by atoms with E-state index in [1.807, 2.05) is 0 Å². The van der Waals surface area contributed by atoms with E-state index in [9.17, 15) is 18.0 Å². The minimum Gasteiger partial charge on any atom is -0.469 e. The Kier molecular flexibility index (Phi) is 5.30. The molecule has 1 amide bonds. The molecule has 1 aliphatic heterocycles. The van der Waals surface area contributed by atoms with Crippen molar-refractivity contribution in [3.05, 3.63) is 0 Å². The molecule has 1 saturated heterocycles. The number of hydrogen-bond donors (Lipinski definition) is 0. The van der Waals surface area contributed by atoms with Gasteiger partial charge in [0.2, 0.25) is 5.91 Å². The van der Waals surface area contributed by atoms with E-state index in [-0.39, 0.29) is 19.6 Å². The van der Waals surface area contributed by atoms with Crippen molar-refractivity contribution in [3.63, 3.8) is 0 Å². The molecule has 0 aromatic rings. The van der Waals surface area contributed by atoms with Crippen molar-refractivity contribution in [2.45, 2.75) is 24.7 Å². The van der Waals surface area contributed by atoms with Gasteiger partial charge in [-0.05, 0) is 6.92 Å². The second kappa shape index (κ2) is 6.33. The summed E-state index contributed by atoms with van der Waals surface area (Å²) in [4.78, 5) is 24.6. The summed E-state index contributed by atoms with van der Waals surface area (Å²) in [6.07, 6.45) is 0.632. The minimum absolute atomic E-state index is 0.0491. The molecule has 110 valence electrons. The van der Waals surface area contributed by atoms with Gasteiger partial charge in [-0.25, -0.2) is 8.42 Å². The molecule has 0 N–H and O–H groups in total. The zero-order valence-corrected chi connectivity index (χ0v) is 12.1. The standard InChI is InChI=1S/C11H19NO6S/c1-8(19(3,15)16)11(14)12-4-5-18-9(7-12)6-10(13)17-2/h8-9H,4-7H2,1-3H3. The number of ether oxygens (including phenoxy) is 2. The molecule has 19 heavy (non-hydrogen) atoms. The minimum atomic E-state index is -3.42. The molecule has 7 nitrogen and oxygen atoms in total. The van der Waals surface area contributed by atoms with Crippen LogP contribution in [0.5, 0.6) is 0 Å². The van der Waals surface area contributed by atoms with E-state index in [0.29, 0.717) is 6.54 Å². The Labute approximate surface area is 112 Å². The number of morpholine rings is 1. The van der Waals surface area contributed by atoms with Crippen LogP contribution in [0.25, 0.3) is 0 Å². The Bertz CT molecular complexity index is 446. The lowest BCUT2D eigenvalue weighted by Gasteiger charge is -2.33. The SMILES string of the molecule is COC(=O)CC1CN(C(=O)C(C)S(C)(=O)=O)CCO1. The maximum Gasteiger partial charge on any atom is 0.308 e. The molecule has 1 aliphatic rings. The first-order valence-corrected chi connectivity index (χ1v) is 7.87. The maximum absolute atomic E-state index is 12.0. The smallest absolute Gasteiger partial charge is 0.308 e. The average molecular weight is 293 g/mol. The molecule has 1 heterocycles. The molecule has 8 heteroatoms. The first-order valence-electron chi connectivity index (χ1n) is 5.91. The van der Waals surface area contributed by atoms with Crippen molar-refractivity contribution in [3.8, 4) is 0 Å². The van der Waals surface area contributed by atoms with E-state index in [0.717, 1.165) is 6.26 Å². The zero-order valence-electron chi connectivity index (χ0n) is 11.3. The Hall–Kier alpha value is -1.15. The van der Waals surface area contributed by atoms with Gasteiger partial charge in [0.25, 0.3) is 0 Å². The molecule has 1 fully saturated rings.